The van der Waals surface area contributed by atoms with Crippen LogP contribution in [0.5, 0.6) is 0 Å². The Morgan fingerprint density at radius 1 is 1.43 bits per heavy atom. The molecule has 0 aliphatic carbocycles. The van der Waals surface area contributed by atoms with E-state index in [1.54, 1.807) is 0 Å². The molecule has 3 nitrogen and oxygen atoms in total. The summed E-state index contributed by atoms with van der Waals surface area (Å²) < 4.78 is 5.55. The lowest BCUT2D eigenvalue weighted by molar-refractivity contribution is 0.117. The standard InChI is InChI=1S/C11H21NO2/c1-11(2)8-12(4-3-5-13)10-7-14-6-9(10)11/h9-10,13H,3-8H2,1-2H3. The van der Waals surface area contributed by atoms with Crippen LogP contribution in [0.4, 0.5) is 0 Å². The Labute approximate surface area is 86.0 Å². The van der Waals surface area contributed by atoms with Crippen LogP contribution in [0.3, 0.4) is 0 Å². The molecule has 2 fully saturated rings. The van der Waals surface area contributed by atoms with Crippen molar-refractivity contribution in [3.8, 4) is 0 Å². The van der Waals surface area contributed by atoms with Crippen LogP contribution in [0.15, 0.2) is 0 Å². The maximum atomic E-state index is 8.84. The van der Waals surface area contributed by atoms with E-state index in [4.69, 9.17) is 9.84 Å². The molecule has 2 heterocycles. The number of nitrogens with zero attached hydrogens (tertiary/aromatic N) is 1. The third-order valence-corrected chi connectivity index (χ3v) is 3.74. The summed E-state index contributed by atoms with van der Waals surface area (Å²) in [6.45, 7) is 8.95. The normalized spacial score (nSPS) is 36.2. The van der Waals surface area contributed by atoms with Gasteiger partial charge in [0.2, 0.25) is 0 Å². The zero-order valence-electron chi connectivity index (χ0n) is 9.20. The van der Waals surface area contributed by atoms with Gasteiger partial charge in [0.1, 0.15) is 0 Å². The third kappa shape index (κ3) is 1.69. The van der Waals surface area contributed by atoms with E-state index < -0.39 is 0 Å². The van der Waals surface area contributed by atoms with Gasteiger partial charge in [0, 0.05) is 31.7 Å². The first kappa shape index (κ1) is 10.4. The van der Waals surface area contributed by atoms with Crippen molar-refractivity contribution in [3.63, 3.8) is 0 Å². The minimum absolute atomic E-state index is 0.301. The minimum atomic E-state index is 0.301. The van der Waals surface area contributed by atoms with E-state index in [1.807, 2.05) is 0 Å². The predicted octanol–water partition coefficient (Wildman–Crippen LogP) is 0.726. The van der Waals surface area contributed by atoms with Crippen LogP contribution in [0.2, 0.25) is 0 Å². The number of ether oxygens (including phenoxy) is 1. The summed E-state index contributed by atoms with van der Waals surface area (Å²) in [5, 5.41) is 8.84. The minimum Gasteiger partial charge on any atom is -0.396 e. The van der Waals surface area contributed by atoms with E-state index in [-0.39, 0.29) is 0 Å². The van der Waals surface area contributed by atoms with Gasteiger partial charge in [-0.25, -0.2) is 0 Å². The van der Waals surface area contributed by atoms with Crippen molar-refractivity contribution in [1.82, 2.24) is 4.90 Å². The zero-order valence-corrected chi connectivity index (χ0v) is 9.20. The lowest BCUT2D eigenvalue weighted by Gasteiger charge is -2.23. The molecule has 2 atom stereocenters. The molecule has 0 amide bonds. The lowest BCUT2D eigenvalue weighted by atomic mass is 9.80. The van der Waals surface area contributed by atoms with Crippen molar-refractivity contribution in [1.29, 1.82) is 0 Å². The Morgan fingerprint density at radius 2 is 2.21 bits per heavy atom. The summed E-state index contributed by atoms with van der Waals surface area (Å²) in [7, 11) is 0. The van der Waals surface area contributed by atoms with Gasteiger partial charge >= 0.3 is 0 Å². The Kier molecular flexibility index (Phi) is 2.82. The number of aliphatic hydroxyl groups is 1. The molecule has 2 aliphatic heterocycles. The second kappa shape index (κ2) is 3.80. The van der Waals surface area contributed by atoms with Crippen molar-refractivity contribution in [2.75, 3.05) is 32.9 Å². The zero-order chi connectivity index (χ0) is 10.2. The Balaban J connectivity index is 2.00. The Hall–Kier alpha value is -0.120. The van der Waals surface area contributed by atoms with Crippen LogP contribution in [0, 0.1) is 11.3 Å². The summed E-state index contributed by atoms with van der Waals surface area (Å²) in [6, 6.07) is 0.608. The Bertz CT molecular complexity index is 205. The van der Waals surface area contributed by atoms with Gasteiger partial charge in [-0.05, 0) is 11.8 Å². The summed E-state index contributed by atoms with van der Waals surface area (Å²) in [5.41, 5.74) is 0.386. The Morgan fingerprint density at radius 3 is 2.93 bits per heavy atom. The fourth-order valence-electron chi connectivity index (χ4n) is 2.93. The molecular formula is C11H21NO2. The lowest BCUT2D eigenvalue weighted by Crippen LogP contribution is -2.33. The third-order valence-electron chi connectivity index (χ3n) is 3.74. The molecule has 0 aromatic rings. The monoisotopic (exact) mass is 199 g/mol. The molecule has 0 aromatic carbocycles. The van der Waals surface area contributed by atoms with Crippen molar-refractivity contribution in [2.45, 2.75) is 26.3 Å². The molecule has 82 valence electrons. The van der Waals surface area contributed by atoms with E-state index in [2.05, 4.69) is 18.7 Å². The SMILES string of the molecule is CC1(C)CN(CCCO)C2COCC21. The van der Waals surface area contributed by atoms with Crippen molar-refractivity contribution in [2.24, 2.45) is 11.3 Å². The predicted molar refractivity (Wildman–Crippen MR) is 55.2 cm³/mol. The first-order valence-electron chi connectivity index (χ1n) is 5.58. The number of hydrogen-bond acceptors (Lipinski definition) is 3. The molecule has 2 saturated heterocycles. The van der Waals surface area contributed by atoms with Gasteiger partial charge < -0.3 is 9.84 Å². The van der Waals surface area contributed by atoms with Crippen LogP contribution in [-0.4, -0.2) is 49.0 Å². The van der Waals surface area contributed by atoms with Crippen LogP contribution in [0.25, 0.3) is 0 Å². The van der Waals surface area contributed by atoms with Gasteiger partial charge in [-0.1, -0.05) is 13.8 Å². The van der Waals surface area contributed by atoms with E-state index in [1.165, 1.54) is 0 Å². The van der Waals surface area contributed by atoms with E-state index >= 15 is 0 Å². The number of hydrogen-bond donors (Lipinski definition) is 1. The second-order valence-corrected chi connectivity index (χ2v) is 5.25. The summed E-state index contributed by atoms with van der Waals surface area (Å²) in [5.74, 6) is 0.696. The fourth-order valence-corrected chi connectivity index (χ4v) is 2.93. The number of aliphatic hydroxyl groups excluding tert-OH is 1. The molecule has 0 bridgehead atoms. The van der Waals surface area contributed by atoms with Crippen LogP contribution < -0.4 is 0 Å². The van der Waals surface area contributed by atoms with Crippen molar-refractivity contribution >= 4 is 0 Å². The maximum Gasteiger partial charge on any atom is 0.0625 e. The quantitative estimate of drug-likeness (QED) is 0.727. The van der Waals surface area contributed by atoms with Crippen LogP contribution in [-0.2, 0) is 4.74 Å². The molecule has 0 radical (unpaired) electrons. The highest BCUT2D eigenvalue weighted by Crippen LogP contribution is 2.42. The van der Waals surface area contributed by atoms with Crippen LogP contribution in [0.1, 0.15) is 20.3 Å². The van der Waals surface area contributed by atoms with Gasteiger partial charge in [0.25, 0.3) is 0 Å². The summed E-state index contributed by atoms with van der Waals surface area (Å²) in [6.07, 6.45) is 0.888. The van der Waals surface area contributed by atoms with Gasteiger partial charge in [0.15, 0.2) is 0 Å². The molecule has 2 rings (SSSR count). The molecule has 0 saturated carbocycles. The molecule has 2 aliphatic rings. The largest absolute Gasteiger partial charge is 0.396 e. The molecule has 0 aromatic heterocycles. The summed E-state index contributed by atoms with van der Waals surface area (Å²) in [4.78, 5) is 2.49. The first-order valence-corrected chi connectivity index (χ1v) is 5.58. The van der Waals surface area contributed by atoms with Crippen LogP contribution >= 0.6 is 0 Å². The topological polar surface area (TPSA) is 32.7 Å². The first-order chi connectivity index (χ1) is 6.65. The average Bonchev–Trinajstić information content (AvgIpc) is 2.67. The molecular weight excluding hydrogens is 178 g/mol. The van der Waals surface area contributed by atoms with E-state index in [9.17, 15) is 0 Å². The van der Waals surface area contributed by atoms with E-state index in [0.717, 1.165) is 32.7 Å². The number of rotatable bonds is 3. The fraction of sp³-hybridized carbons (Fsp3) is 1.00. The molecule has 2 unspecified atom stereocenters. The number of likely N-dealkylation sites (tertiary alicyclic amines) is 1. The highest BCUT2D eigenvalue weighted by molar-refractivity contribution is 5.00. The highest BCUT2D eigenvalue weighted by Gasteiger charge is 2.49. The maximum absolute atomic E-state index is 8.84. The van der Waals surface area contributed by atoms with Crippen molar-refractivity contribution in [3.05, 3.63) is 0 Å². The number of fused-ring (bicyclic) bond motifs is 1. The molecule has 14 heavy (non-hydrogen) atoms. The second-order valence-electron chi connectivity index (χ2n) is 5.25. The van der Waals surface area contributed by atoms with Crippen molar-refractivity contribution < 1.29 is 9.84 Å². The average molecular weight is 199 g/mol. The molecule has 0 spiro atoms. The summed E-state index contributed by atoms with van der Waals surface area (Å²) >= 11 is 0. The van der Waals surface area contributed by atoms with Gasteiger partial charge in [-0.3, -0.25) is 4.90 Å². The molecule has 1 N–H and O–H groups in total. The highest BCUT2D eigenvalue weighted by atomic mass is 16.5. The van der Waals surface area contributed by atoms with Gasteiger partial charge in [-0.15, -0.1) is 0 Å². The van der Waals surface area contributed by atoms with Gasteiger partial charge in [-0.2, -0.15) is 0 Å². The van der Waals surface area contributed by atoms with E-state index in [0.29, 0.717) is 24.0 Å². The smallest absolute Gasteiger partial charge is 0.0625 e. The van der Waals surface area contributed by atoms with Gasteiger partial charge in [0.05, 0.1) is 13.2 Å². The molecule has 3 heteroatoms.